The van der Waals surface area contributed by atoms with Crippen molar-refractivity contribution in [3.8, 4) is 0 Å². The molecule has 7 heteroatoms. The minimum atomic E-state index is -0.121. The third kappa shape index (κ3) is 3.45. The molecular formula is C18H17ClN4OS. The molecule has 1 N–H and O–H groups in total. The Morgan fingerprint density at radius 2 is 2.20 bits per heavy atom. The topological polar surface area (TPSA) is 59.8 Å². The summed E-state index contributed by atoms with van der Waals surface area (Å²) < 4.78 is 2.03. The smallest absolute Gasteiger partial charge is 0.271 e. The van der Waals surface area contributed by atoms with E-state index in [-0.39, 0.29) is 11.9 Å². The third-order valence-corrected chi connectivity index (χ3v) is 5.32. The second-order valence-corrected chi connectivity index (χ2v) is 7.28. The first-order valence-electron chi connectivity index (χ1n) is 8.19. The maximum absolute atomic E-state index is 12.3. The quantitative estimate of drug-likeness (QED) is 0.756. The van der Waals surface area contributed by atoms with Gasteiger partial charge in [-0.2, -0.15) is 5.10 Å². The van der Waals surface area contributed by atoms with E-state index < -0.39 is 0 Å². The molecule has 1 atom stereocenters. The first kappa shape index (κ1) is 16.3. The lowest BCUT2D eigenvalue weighted by molar-refractivity contribution is 0.0928. The molecule has 0 spiro atoms. The Kier molecular flexibility index (Phi) is 4.55. The Balaban J connectivity index is 1.53. The normalized spacial score (nSPS) is 16.4. The summed E-state index contributed by atoms with van der Waals surface area (Å²) in [4.78, 5) is 16.4. The second-order valence-electron chi connectivity index (χ2n) is 6.12. The number of amides is 1. The number of rotatable bonds is 4. The van der Waals surface area contributed by atoms with Gasteiger partial charge in [0.1, 0.15) is 5.69 Å². The average molecular weight is 373 g/mol. The van der Waals surface area contributed by atoms with Crippen LogP contribution in [0.15, 0.2) is 41.4 Å². The number of hydrogen-bond donors (Lipinski definition) is 1. The molecule has 2 aromatic heterocycles. The van der Waals surface area contributed by atoms with Gasteiger partial charge in [-0.05, 0) is 37.0 Å². The zero-order valence-electron chi connectivity index (χ0n) is 13.5. The zero-order valence-corrected chi connectivity index (χ0v) is 15.1. The van der Waals surface area contributed by atoms with Crippen LogP contribution in [0.1, 0.15) is 46.2 Å². The number of fused-ring (bicyclic) bond motifs is 1. The summed E-state index contributed by atoms with van der Waals surface area (Å²) in [5.41, 5.74) is 5.62. The van der Waals surface area contributed by atoms with E-state index in [1.54, 1.807) is 10.9 Å². The van der Waals surface area contributed by atoms with E-state index in [2.05, 4.69) is 15.4 Å². The molecule has 2 heterocycles. The molecule has 1 amide bonds. The maximum Gasteiger partial charge on any atom is 0.271 e. The Morgan fingerprint density at radius 3 is 2.96 bits per heavy atom. The summed E-state index contributed by atoms with van der Waals surface area (Å²) in [7, 11) is 0. The van der Waals surface area contributed by atoms with E-state index in [0.29, 0.717) is 12.2 Å². The van der Waals surface area contributed by atoms with E-state index in [9.17, 15) is 4.79 Å². The van der Waals surface area contributed by atoms with Crippen molar-refractivity contribution in [1.82, 2.24) is 20.1 Å². The van der Waals surface area contributed by atoms with E-state index in [0.717, 1.165) is 35.4 Å². The predicted octanol–water partition coefficient (Wildman–Crippen LogP) is 3.85. The molecule has 0 saturated carbocycles. The molecule has 3 aromatic rings. The van der Waals surface area contributed by atoms with Crippen LogP contribution in [0.5, 0.6) is 0 Å². The van der Waals surface area contributed by atoms with Crippen molar-refractivity contribution in [3.05, 3.63) is 68.9 Å². The van der Waals surface area contributed by atoms with E-state index in [1.807, 2.05) is 35.1 Å². The molecule has 4 rings (SSSR count). The number of carbonyl (C=O) groups is 1. The Bertz CT molecular complexity index is 873. The number of thiazole rings is 1. The monoisotopic (exact) mass is 372 g/mol. The van der Waals surface area contributed by atoms with Crippen LogP contribution >= 0.6 is 22.9 Å². The Morgan fingerprint density at radius 1 is 1.36 bits per heavy atom. The number of hydrogen-bond acceptors (Lipinski definition) is 4. The molecule has 0 radical (unpaired) electrons. The highest BCUT2D eigenvalue weighted by molar-refractivity contribution is 7.07. The SMILES string of the molecule is O=C(NC1CCCc2c1cnn2Cc1ccc(Cl)cc1)c1cscn1. The van der Waals surface area contributed by atoms with Gasteiger partial charge in [0.05, 0.1) is 24.3 Å². The van der Waals surface area contributed by atoms with E-state index >= 15 is 0 Å². The van der Waals surface area contributed by atoms with E-state index in [4.69, 9.17) is 11.6 Å². The van der Waals surface area contributed by atoms with Gasteiger partial charge in [-0.3, -0.25) is 9.48 Å². The first-order valence-corrected chi connectivity index (χ1v) is 9.51. The van der Waals surface area contributed by atoms with Crippen molar-refractivity contribution in [2.45, 2.75) is 31.8 Å². The molecule has 1 aromatic carbocycles. The van der Waals surface area contributed by atoms with Gasteiger partial charge in [-0.1, -0.05) is 23.7 Å². The van der Waals surface area contributed by atoms with Crippen LogP contribution in [0.3, 0.4) is 0 Å². The van der Waals surface area contributed by atoms with Crippen molar-refractivity contribution in [2.24, 2.45) is 0 Å². The lowest BCUT2D eigenvalue weighted by Crippen LogP contribution is -2.31. The minimum Gasteiger partial charge on any atom is -0.344 e. The first-order chi connectivity index (χ1) is 12.2. The van der Waals surface area contributed by atoms with Crippen LogP contribution in [0.25, 0.3) is 0 Å². The fraction of sp³-hybridized carbons (Fsp3) is 0.278. The number of carbonyl (C=O) groups excluding carboxylic acids is 1. The zero-order chi connectivity index (χ0) is 17.2. The highest BCUT2D eigenvalue weighted by Gasteiger charge is 2.26. The van der Waals surface area contributed by atoms with Crippen LogP contribution in [-0.4, -0.2) is 20.7 Å². The molecule has 0 aliphatic heterocycles. The number of nitrogens with zero attached hydrogens (tertiary/aromatic N) is 3. The molecule has 1 aliphatic rings. The molecule has 0 saturated heterocycles. The minimum absolute atomic E-state index is 0.00285. The fourth-order valence-electron chi connectivity index (χ4n) is 3.22. The number of benzene rings is 1. The molecule has 0 fully saturated rings. The maximum atomic E-state index is 12.3. The number of halogens is 1. The number of nitrogens with one attached hydrogen (secondary N) is 1. The second kappa shape index (κ2) is 6.98. The van der Waals surface area contributed by atoms with Gasteiger partial charge < -0.3 is 5.32 Å². The number of aromatic nitrogens is 3. The highest BCUT2D eigenvalue weighted by Crippen LogP contribution is 2.30. The summed E-state index contributed by atoms with van der Waals surface area (Å²) in [6.07, 6.45) is 4.82. The van der Waals surface area contributed by atoms with Crippen LogP contribution in [-0.2, 0) is 13.0 Å². The summed E-state index contributed by atoms with van der Waals surface area (Å²) in [5, 5.41) is 10.2. The van der Waals surface area contributed by atoms with Crippen LogP contribution in [0.2, 0.25) is 5.02 Å². The Labute approximate surface area is 154 Å². The van der Waals surface area contributed by atoms with E-state index in [1.165, 1.54) is 17.0 Å². The molecular weight excluding hydrogens is 356 g/mol. The standard InChI is InChI=1S/C18H17ClN4OS/c19-13-6-4-12(5-7-13)9-23-17-3-1-2-15(14(17)8-21-23)22-18(24)16-10-25-11-20-16/h4-8,10-11,15H,1-3,9H2,(H,22,24). The highest BCUT2D eigenvalue weighted by atomic mass is 35.5. The van der Waals surface area contributed by atoms with Gasteiger partial charge in [-0.15, -0.1) is 11.3 Å². The van der Waals surface area contributed by atoms with Gasteiger partial charge in [-0.25, -0.2) is 4.98 Å². The summed E-state index contributed by atoms with van der Waals surface area (Å²) >= 11 is 7.38. The van der Waals surface area contributed by atoms with Crippen molar-refractivity contribution in [2.75, 3.05) is 0 Å². The summed E-state index contributed by atoms with van der Waals surface area (Å²) in [6, 6.07) is 7.81. The average Bonchev–Trinajstić information content (AvgIpc) is 3.28. The Hall–Kier alpha value is -2.18. The van der Waals surface area contributed by atoms with Crippen LogP contribution in [0.4, 0.5) is 0 Å². The molecule has 1 aliphatic carbocycles. The van der Waals surface area contributed by atoms with Crippen molar-refractivity contribution in [1.29, 1.82) is 0 Å². The lowest BCUT2D eigenvalue weighted by Gasteiger charge is -2.24. The molecule has 25 heavy (non-hydrogen) atoms. The largest absolute Gasteiger partial charge is 0.344 e. The van der Waals surface area contributed by atoms with Gasteiger partial charge in [0.15, 0.2) is 0 Å². The van der Waals surface area contributed by atoms with Crippen LogP contribution < -0.4 is 5.32 Å². The van der Waals surface area contributed by atoms with Crippen LogP contribution in [0, 0.1) is 0 Å². The molecule has 0 bridgehead atoms. The van der Waals surface area contributed by atoms with Crippen molar-refractivity contribution >= 4 is 28.8 Å². The molecule has 1 unspecified atom stereocenters. The molecule has 5 nitrogen and oxygen atoms in total. The third-order valence-electron chi connectivity index (χ3n) is 4.48. The fourth-order valence-corrected chi connectivity index (χ4v) is 3.88. The predicted molar refractivity (Wildman–Crippen MR) is 98.0 cm³/mol. The van der Waals surface area contributed by atoms with Gasteiger partial charge in [0, 0.05) is 21.7 Å². The summed E-state index contributed by atoms with van der Waals surface area (Å²) in [5.74, 6) is -0.121. The van der Waals surface area contributed by atoms with Gasteiger partial charge in [0.2, 0.25) is 0 Å². The summed E-state index contributed by atoms with van der Waals surface area (Å²) in [6.45, 7) is 0.708. The lowest BCUT2D eigenvalue weighted by atomic mass is 9.93. The van der Waals surface area contributed by atoms with Gasteiger partial charge in [0.25, 0.3) is 5.91 Å². The van der Waals surface area contributed by atoms with Crippen molar-refractivity contribution in [3.63, 3.8) is 0 Å². The van der Waals surface area contributed by atoms with Crippen molar-refractivity contribution < 1.29 is 4.79 Å². The van der Waals surface area contributed by atoms with Gasteiger partial charge >= 0.3 is 0 Å². The molecule has 128 valence electrons.